The molecular weight excluding hydrogens is 314 g/mol. The minimum Gasteiger partial charge on any atom is -0.448 e. The van der Waals surface area contributed by atoms with E-state index >= 15 is 0 Å². The molecule has 0 unspecified atom stereocenters. The highest BCUT2D eigenvalue weighted by Crippen LogP contribution is 2.44. The Morgan fingerprint density at radius 3 is 2.36 bits per heavy atom. The number of fused-ring (bicyclic) bond motifs is 3. The van der Waals surface area contributed by atoms with Gasteiger partial charge in [-0.1, -0.05) is 48.5 Å². The quantitative estimate of drug-likeness (QED) is 0.924. The summed E-state index contributed by atoms with van der Waals surface area (Å²) in [7, 11) is 0. The minimum absolute atomic E-state index is 0.0928. The predicted molar refractivity (Wildman–Crippen MR) is 96.5 cm³/mol. The Hall–Kier alpha value is -2.33. The van der Waals surface area contributed by atoms with Crippen molar-refractivity contribution < 1.29 is 14.6 Å². The van der Waals surface area contributed by atoms with E-state index in [2.05, 4.69) is 24.3 Å². The second-order valence-electron chi connectivity index (χ2n) is 6.81. The molecule has 130 valence electrons. The van der Waals surface area contributed by atoms with Crippen molar-refractivity contribution in [3.8, 4) is 11.1 Å². The lowest BCUT2D eigenvalue weighted by Gasteiger charge is -2.24. The fourth-order valence-corrected chi connectivity index (χ4v) is 4.20. The van der Waals surface area contributed by atoms with E-state index in [0.29, 0.717) is 13.0 Å². The van der Waals surface area contributed by atoms with Crippen LogP contribution < -0.4 is 0 Å². The molecule has 1 heterocycles. The Morgan fingerprint density at radius 2 is 1.72 bits per heavy atom. The third-order valence-corrected chi connectivity index (χ3v) is 5.41. The van der Waals surface area contributed by atoms with E-state index in [0.717, 1.165) is 19.4 Å². The maximum atomic E-state index is 12.5. The smallest absolute Gasteiger partial charge is 0.410 e. The molecule has 1 aliphatic heterocycles. The van der Waals surface area contributed by atoms with Crippen LogP contribution in [0, 0.1) is 0 Å². The number of aliphatic hydroxyl groups excluding tert-OH is 1. The summed E-state index contributed by atoms with van der Waals surface area (Å²) in [4.78, 5) is 14.3. The molecule has 4 nitrogen and oxygen atoms in total. The standard InChI is InChI=1S/C21H23NO3/c23-13-11-15-6-5-12-22(15)21(24)25-14-20-18-9-3-1-7-16(18)17-8-2-4-10-19(17)20/h1-4,7-10,15,20,23H,5-6,11-14H2/t15-/m0/s1. The summed E-state index contributed by atoms with van der Waals surface area (Å²) in [5.74, 6) is 0.0928. The van der Waals surface area contributed by atoms with Crippen molar-refractivity contribution >= 4 is 6.09 Å². The van der Waals surface area contributed by atoms with Crippen molar-refractivity contribution in [2.45, 2.75) is 31.2 Å². The normalized spacial score (nSPS) is 18.9. The molecule has 4 heteroatoms. The van der Waals surface area contributed by atoms with Crippen LogP contribution in [0.1, 0.15) is 36.3 Å². The van der Waals surface area contributed by atoms with E-state index in [9.17, 15) is 4.79 Å². The molecule has 0 spiro atoms. The predicted octanol–water partition coefficient (Wildman–Crippen LogP) is 3.78. The number of hydrogen-bond donors (Lipinski definition) is 1. The molecule has 1 fully saturated rings. The van der Waals surface area contributed by atoms with E-state index in [1.54, 1.807) is 4.90 Å². The number of nitrogens with zero attached hydrogens (tertiary/aromatic N) is 1. The van der Waals surface area contributed by atoms with Gasteiger partial charge in [0.05, 0.1) is 0 Å². The topological polar surface area (TPSA) is 49.8 Å². The Kier molecular flexibility index (Phi) is 4.45. The number of rotatable bonds is 4. The average molecular weight is 337 g/mol. The molecule has 1 aliphatic carbocycles. The highest BCUT2D eigenvalue weighted by molar-refractivity contribution is 5.79. The second kappa shape index (κ2) is 6.89. The largest absolute Gasteiger partial charge is 0.448 e. The van der Waals surface area contributed by atoms with Crippen molar-refractivity contribution in [1.29, 1.82) is 0 Å². The Labute approximate surface area is 148 Å². The van der Waals surface area contributed by atoms with Gasteiger partial charge in [-0.15, -0.1) is 0 Å². The Balaban J connectivity index is 1.51. The third-order valence-electron chi connectivity index (χ3n) is 5.41. The van der Waals surface area contributed by atoms with Crippen LogP contribution in [0.3, 0.4) is 0 Å². The maximum Gasteiger partial charge on any atom is 0.410 e. The van der Waals surface area contributed by atoms with Crippen LogP contribution in [0.5, 0.6) is 0 Å². The zero-order valence-corrected chi connectivity index (χ0v) is 14.2. The zero-order valence-electron chi connectivity index (χ0n) is 14.2. The lowest BCUT2D eigenvalue weighted by Crippen LogP contribution is -2.37. The van der Waals surface area contributed by atoms with Gasteiger partial charge in [-0.25, -0.2) is 4.79 Å². The first-order valence-corrected chi connectivity index (χ1v) is 9.02. The van der Waals surface area contributed by atoms with Gasteiger partial charge >= 0.3 is 6.09 Å². The third kappa shape index (κ3) is 2.91. The molecule has 2 aromatic rings. The van der Waals surface area contributed by atoms with Gasteiger partial charge in [-0.3, -0.25) is 0 Å². The summed E-state index contributed by atoms with van der Waals surface area (Å²) in [6.07, 6.45) is 2.31. The molecule has 0 aromatic heterocycles. The first kappa shape index (κ1) is 16.2. The number of hydrogen-bond acceptors (Lipinski definition) is 3. The molecule has 25 heavy (non-hydrogen) atoms. The van der Waals surface area contributed by atoms with Gasteiger partial charge < -0.3 is 14.7 Å². The van der Waals surface area contributed by atoms with Crippen molar-refractivity contribution in [2.24, 2.45) is 0 Å². The van der Waals surface area contributed by atoms with Gasteiger partial charge in [-0.05, 0) is 41.5 Å². The van der Waals surface area contributed by atoms with Crippen molar-refractivity contribution in [2.75, 3.05) is 19.8 Å². The second-order valence-corrected chi connectivity index (χ2v) is 6.81. The molecule has 1 atom stereocenters. The summed E-state index contributed by atoms with van der Waals surface area (Å²) >= 11 is 0. The molecule has 0 radical (unpaired) electrons. The van der Waals surface area contributed by atoms with Gasteiger partial charge in [0.1, 0.15) is 6.61 Å². The number of likely N-dealkylation sites (tertiary alicyclic amines) is 1. The van der Waals surface area contributed by atoms with Crippen molar-refractivity contribution in [1.82, 2.24) is 4.90 Å². The molecule has 1 amide bonds. The summed E-state index contributed by atoms with van der Waals surface area (Å²) in [5, 5.41) is 9.17. The van der Waals surface area contributed by atoms with E-state index in [1.807, 2.05) is 24.3 Å². The van der Waals surface area contributed by atoms with Crippen LogP contribution in [0.25, 0.3) is 11.1 Å². The van der Waals surface area contributed by atoms with Crippen LogP contribution in [0.4, 0.5) is 4.79 Å². The van der Waals surface area contributed by atoms with Gasteiger partial charge in [0.25, 0.3) is 0 Å². The molecular formula is C21H23NO3. The lowest BCUT2D eigenvalue weighted by molar-refractivity contribution is 0.0908. The Morgan fingerprint density at radius 1 is 1.08 bits per heavy atom. The van der Waals surface area contributed by atoms with E-state index in [1.165, 1.54) is 22.3 Å². The van der Waals surface area contributed by atoms with Gasteiger partial charge in [0, 0.05) is 25.1 Å². The van der Waals surface area contributed by atoms with E-state index in [4.69, 9.17) is 9.84 Å². The number of carbonyl (C=O) groups excluding carboxylic acids is 1. The van der Waals surface area contributed by atoms with Crippen molar-refractivity contribution in [3.05, 3.63) is 59.7 Å². The lowest BCUT2D eigenvalue weighted by atomic mass is 9.98. The molecule has 2 aliphatic rings. The van der Waals surface area contributed by atoms with Crippen LogP contribution in [-0.4, -0.2) is 41.9 Å². The highest BCUT2D eigenvalue weighted by Gasteiger charge is 2.32. The molecule has 0 bridgehead atoms. The monoisotopic (exact) mass is 337 g/mol. The van der Waals surface area contributed by atoms with Gasteiger partial charge in [-0.2, -0.15) is 0 Å². The Bertz CT molecular complexity index is 728. The molecule has 2 aromatic carbocycles. The van der Waals surface area contributed by atoms with E-state index < -0.39 is 0 Å². The van der Waals surface area contributed by atoms with Crippen molar-refractivity contribution in [3.63, 3.8) is 0 Å². The first-order valence-electron chi connectivity index (χ1n) is 9.02. The molecule has 0 saturated carbocycles. The summed E-state index contributed by atoms with van der Waals surface area (Å²) in [6, 6.07) is 16.8. The maximum absolute atomic E-state index is 12.5. The average Bonchev–Trinajstić information content (AvgIpc) is 3.23. The SMILES string of the molecule is O=C(OCC1c2ccccc2-c2ccccc21)N1CCC[C@H]1CCO. The number of benzene rings is 2. The molecule has 1 N–H and O–H groups in total. The van der Waals surface area contributed by atoms with Gasteiger partial charge in [0.2, 0.25) is 0 Å². The zero-order chi connectivity index (χ0) is 17.2. The number of carbonyl (C=O) groups is 1. The minimum atomic E-state index is -0.252. The van der Waals surface area contributed by atoms with Crippen LogP contribution in [0.2, 0.25) is 0 Å². The summed E-state index contributed by atoms with van der Waals surface area (Å²) < 4.78 is 5.71. The van der Waals surface area contributed by atoms with Crippen LogP contribution in [0.15, 0.2) is 48.5 Å². The van der Waals surface area contributed by atoms with Gasteiger partial charge in [0.15, 0.2) is 0 Å². The van der Waals surface area contributed by atoms with Crippen LogP contribution in [-0.2, 0) is 4.74 Å². The molecule has 4 rings (SSSR count). The van der Waals surface area contributed by atoms with Crippen LogP contribution >= 0.6 is 0 Å². The molecule has 1 saturated heterocycles. The first-order chi connectivity index (χ1) is 12.3. The number of aliphatic hydroxyl groups is 1. The van der Waals surface area contributed by atoms with E-state index in [-0.39, 0.29) is 24.7 Å². The summed E-state index contributed by atoms with van der Waals surface area (Å²) in [6.45, 7) is 1.19. The fourth-order valence-electron chi connectivity index (χ4n) is 4.20. The number of amides is 1. The highest BCUT2D eigenvalue weighted by atomic mass is 16.6. The summed E-state index contributed by atoms with van der Waals surface area (Å²) in [5.41, 5.74) is 4.92. The fraction of sp³-hybridized carbons (Fsp3) is 0.381. The number of ether oxygens (including phenoxy) is 1.